The van der Waals surface area contributed by atoms with Crippen molar-refractivity contribution in [3.8, 4) is 0 Å². The molecule has 4 nitrogen and oxygen atoms in total. The molecule has 1 aromatic rings. The zero-order valence-corrected chi connectivity index (χ0v) is 9.63. The van der Waals surface area contributed by atoms with E-state index in [1.165, 1.54) is 23.9 Å². The molecule has 0 heterocycles. The molecule has 0 atom stereocenters. The normalized spacial score (nSPS) is 10.4. The quantitative estimate of drug-likeness (QED) is 0.439. The number of halogens is 1. The Morgan fingerprint density at radius 1 is 1.56 bits per heavy atom. The van der Waals surface area contributed by atoms with Crippen LogP contribution in [-0.4, -0.2) is 24.4 Å². The standard InChI is InChI=1S/C10H12FNO3S/c1-15-5-6-16-7-8-3-2-4-9(10(8)11)12(13)14/h2-4H,5-7H2,1H3. The van der Waals surface area contributed by atoms with E-state index in [4.69, 9.17) is 4.74 Å². The van der Waals surface area contributed by atoms with Gasteiger partial charge in [0.2, 0.25) is 5.82 Å². The number of rotatable bonds is 6. The maximum absolute atomic E-state index is 13.5. The largest absolute Gasteiger partial charge is 0.384 e. The summed E-state index contributed by atoms with van der Waals surface area (Å²) in [5.41, 5.74) is -0.111. The van der Waals surface area contributed by atoms with E-state index in [1.54, 1.807) is 13.2 Å². The Kier molecular flexibility index (Phi) is 5.21. The highest BCUT2D eigenvalue weighted by atomic mass is 32.2. The zero-order valence-electron chi connectivity index (χ0n) is 8.81. The van der Waals surface area contributed by atoms with Gasteiger partial charge < -0.3 is 4.74 Å². The van der Waals surface area contributed by atoms with Crippen LogP contribution in [0.3, 0.4) is 0 Å². The summed E-state index contributed by atoms with van der Waals surface area (Å²) in [4.78, 5) is 9.78. The number of hydrogen-bond acceptors (Lipinski definition) is 4. The Morgan fingerprint density at radius 2 is 2.31 bits per heavy atom. The monoisotopic (exact) mass is 245 g/mol. The molecule has 0 fully saturated rings. The second-order valence-corrected chi connectivity index (χ2v) is 4.16. The van der Waals surface area contributed by atoms with Gasteiger partial charge in [-0.05, 0) is 0 Å². The van der Waals surface area contributed by atoms with Crippen molar-refractivity contribution in [1.82, 2.24) is 0 Å². The number of thioether (sulfide) groups is 1. The second-order valence-electron chi connectivity index (χ2n) is 3.05. The van der Waals surface area contributed by atoms with Crippen LogP contribution in [-0.2, 0) is 10.5 Å². The van der Waals surface area contributed by atoms with Crippen LogP contribution in [0.5, 0.6) is 0 Å². The van der Waals surface area contributed by atoms with Crippen molar-refractivity contribution >= 4 is 17.4 Å². The molecule has 0 bridgehead atoms. The van der Waals surface area contributed by atoms with E-state index >= 15 is 0 Å². The number of benzene rings is 1. The number of ether oxygens (including phenoxy) is 1. The van der Waals surface area contributed by atoms with Crippen molar-refractivity contribution < 1.29 is 14.1 Å². The predicted molar refractivity (Wildman–Crippen MR) is 61.1 cm³/mol. The average Bonchev–Trinajstić information content (AvgIpc) is 2.26. The molecule has 0 aliphatic heterocycles. The van der Waals surface area contributed by atoms with Crippen LogP contribution < -0.4 is 0 Å². The molecule has 0 N–H and O–H groups in total. The first-order valence-electron chi connectivity index (χ1n) is 4.65. The topological polar surface area (TPSA) is 52.4 Å². The molecule has 0 aliphatic rings. The summed E-state index contributed by atoms with van der Waals surface area (Å²) in [5.74, 6) is 0.410. The van der Waals surface area contributed by atoms with Crippen LogP contribution in [0.1, 0.15) is 5.56 Å². The van der Waals surface area contributed by atoms with Crippen LogP contribution in [0.15, 0.2) is 18.2 Å². The Morgan fingerprint density at radius 3 is 2.94 bits per heavy atom. The van der Waals surface area contributed by atoms with E-state index in [9.17, 15) is 14.5 Å². The first-order chi connectivity index (χ1) is 7.66. The third kappa shape index (κ3) is 3.46. The van der Waals surface area contributed by atoms with Crippen molar-refractivity contribution in [1.29, 1.82) is 0 Å². The molecule has 0 unspecified atom stereocenters. The first-order valence-corrected chi connectivity index (χ1v) is 5.80. The van der Waals surface area contributed by atoms with Crippen LogP contribution >= 0.6 is 11.8 Å². The van der Waals surface area contributed by atoms with E-state index < -0.39 is 16.4 Å². The average molecular weight is 245 g/mol. The summed E-state index contributed by atoms with van der Waals surface area (Å²) in [6, 6.07) is 4.22. The minimum atomic E-state index is -0.739. The summed E-state index contributed by atoms with van der Waals surface area (Å²) in [7, 11) is 1.59. The smallest absolute Gasteiger partial charge is 0.305 e. The minimum Gasteiger partial charge on any atom is -0.384 e. The molecule has 0 saturated heterocycles. The lowest BCUT2D eigenvalue weighted by Gasteiger charge is -2.03. The number of nitro groups is 1. The highest BCUT2D eigenvalue weighted by Gasteiger charge is 2.16. The van der Waals surface area contributed by atoms with Gasteiger partial charge in [-0.15, -0.1) is 0 Å². The number of nitro benzene ring substituents is 1. The Balaban J connectivity index is 2.66. The number of nitrogens with zero attached hydrogens (tertiary/aromatic N) is 1. The molecule has 0 aliphatic carbocycles. The van der Waals surface area contributed by atoms with Gasteiger partial charge in [-0.2, -0.15) is 16.2 Å². The Hall–Kier alpha value is -1.14. The van der Waals surface area contributed by atoms with Gasteiger partial charge in [0.05, 0.1) is 11.5 Å². The van der Waals surface area contributed by atoms with Gasteiger partial charge in [-0.25, -0.2) is 0 Å². The lowest BCUT2D eigenvalue weighted by molar-refractivity contribution is -0.387. The van der Waals surface area contributed by atoms with Gasteiger partial charge >= 0.3 is 5.69 Å². The fourth-order valence-electron chi connectivity index (χ4n) is 1.14. The van der Waals surface area contributed by atoms with Crippen LogP contribution in [0.4, 0.5) is 10.1 Å². The van der Waals surface area contributed by atoms with E-state index in [0.717, 1.165) is 5.75 Å². The first kappa shape index (κ1) is 12.9. The molecule has 0 amide bonds. The molecule has 0 spiro atoms. The van der Waals surface area contributed by atoms with Crippen molar-refractivity contribution in [2.24, 2.45) is 0 Å². The summed E-state index contributed by atoms with van der Waals surface area (Å²) in [6.45, 7) is 0.585. The van der Waals surface area contributed by atoms with Crippen LogP contribution in [0, 0.1) is 15.9 Å². The molecular weight excluding hydrogens is 233 g/mol. The summed E-state index contributed by atoms with van der Waals surface area (Å²) in [6.07, 6.45) is 0. The van der Waals surface area contributed by atoms with E-state index in [-0.39, 0.29) is 0 Å². The molecular formula is C10H12FNO3S. The van der Waals surface area contributed by atoms with E-state index in [2.05, 4.69) is 0 Å². The van der Waals surface area contributed by atoms with Crippen LogP contribution in [0.25, 0.3) is 0 Å². The van der Waals surface area contributed by atoms with E-state index in [0.29, 0.717) is 17.9 Å². The van der Waals surface area contributed by atoms with Crippen molar-refractivity contribution in [3.05, 3.63) is 39.7 Å². The lowest BCUT2D eigenvalue weighted by Crippen LogP contribution is -1.98. The third-order valence-electron chi connectivity index (χ3n) is 1.94. The zero-order chi connectivity index (χ0) is 12.0. The fraction of sp³-hybridized carbons (Fsp3) is 0.400. The molecule has 16 heavy (non-hydrogen) atoms. The van der Waals surface area contributed by atoms with E-state index in [1.807, 2.05) is 0 Å². The fourth-order valence-corrected chi connectivity index (χ4v) is 2.01. The molecule has 1 aromatic carbocycles. The third-order valence-corrected chi connectivity index (χ3v) is 2.91. The maximum atomic E-state index is 13.5. The lowest BCUT2D eigenvalue weighted by atomic mass is 10.2. The molecule has 0 aromatic heterocycles. The van der Waals surface area contributed by atoms with Gasteiger partial charge in [0.15, 0.2) is 0 Å². The highest BCUT2D eigenvalue weighted by molar-refractivity contribution is 7.98. The Bertz CT molecular complexity index is 373. The maximum Gasteiger partial charge on any atom is 0.305 e. The van der Waals surface area contributed by atoms with Gasteiger partial charge in [-0.3, -0.25) is 10.1 Å². The van der Waals surface area contributed by atoms with Crippen molar-refractivity contribution in [2.45, 2.75) is 5.75 Å². The van der Waals surface area contributed by atoms with Gasteiger partial charge in [-0.1, -0.05) is 12.1 Å². The van der Waals surface area contributed by atoms with Gasteiger partial charge in [0, 0.05) is 30.2 Å². The molecule has 6 heteroatoms. The van der Waals surface area contributed by atoms with Gasteiger partial charge in [0.25, 0.3) is 0 Å². The Labute approximate surface area is 96.9 Å². The minimum absolute atomic E-state index is 0.357. The molecule has 0 radical (unpaired) electrons. The van der Waals surface area contributed by atoms with Gasteiger partial charge in [0.1, 0.15) is 0 Å². The van der Waals surface area contributed by atoms with Crippen LogP contribution in [0.2, 0.25) is 0 Å². The molecule has 0 saturated carbocycles. The molecule has 88 valence electrons. The number of methoxy groups -OCH3 is 1. The summed E-state index contributed by atoms with van der Waals surface area (Å²) in [5, 5.41) is 10.5. The predicted octanol–water partition coefficient (Wildman–Crippen LogP) is 2.61. The van der Waals surface area contributed by atoms with Crippen molar-refractivity contribution in [2.75, 3.05) is 19.5 Å². The SMILES string of the molecule is COCCSCc1cccc([N+](=O)[O-])c1F. The van der Waals surface area contributed by atoms with Crippen molar-refractivity contribution in [3.63, 3.8) is 0 Å². The summed E-state index contributed by atoms with van der Waals surface area (Å²) >= 11 is 1.48. The summed E-state index contributed by atoms with van der Waals surface area (Å²) < 4.78 is 18.4. The second kappa shape index (κ2) is 6.44. The molecule has 1 rings (SSSR count). The number of hydrogen-bond donors (Lipinski definition) is 0. The highest BCUT2D eigenvalue weighted by Crippen LogP contribution is 2.23.